The van der Waals surface area contributed by atoms with Gasteiger partial charge >= 0.3 is 5.97 Å². The van der Waals surface area contributed by atoms with E-state index in [-0.39, 0.29) is 44.2 Å². The average Bonchev–Trinajstić information content (AvgIpc) is 2.87. The van der Waals surface area contributed by atoms with Crippen molar-refractivity contribution in [3.05, 3.63) is 59.7 Å². The number of hydrogen-bond acceptors (Lipinski definition) is 9. The van der Waals surface area contributed by atoms with Crippen LogP contribution in [0.3, 0.4) is 0 Å². The molecule has 0 unspecified atom stereocenters. The number of carbonyl (C=O) groups is 1. The van der Waals surface area contributed by atoms with Crippen molar-refractivity contribution < 1.29 is 31.1 Å². The largest absolute Gasteiger partial charge is 0.489 e. The molecule has 2 aromatic rings. The number of carbonyl (C=O) groups excluding carboxylic acids is 1. The molecule has 1 saturated heterocycles. The number of benzene rings is 2. The molecule has 0 amide bonds. The predicted octanol–water partition coefficient (Wildman–Crippen LogP) is 0.534. The van der Waals surface area contributed by atoms with E-state index in [0.29, 0.717) is 11.3 Å². The molecular formula is C23H28N4O7S2. The van der Waals surface area contributed by atoms with Gasteiger partial charge in [-0.1, -0.05) is 12.1 Å². The highest BCUT2D eigenvalue weighted by Gasteiger charge is 2.33. The molecule has 1 heterocycles. The van der Waals surface area contributed by atoms with Crippen molar-refractivity contribution in [3.63, 3.8) is 0 Å². The summed E-state index contributed by atoms with van der Waals surface area (Å²) in [5.74, 6) is -0.165. The van der Waals surface area contributed by atoms with Gasteiger partial charge in [-0.3, -0.25) is 9.69 Å². The first-order chi connectivity index (χ1) is 17.0. The molecule has 36 heavy (non-hydrogen) atoms. The normalized spacial score (nSPS) is 16.1. The van der Waals surface area contributed by atoms with E-state index < -0.39 is 32.1 Å². The number of nitrogens with zero attached hydrogens (tertiary/aromatic N) is 3. The van der Waals surface area contributed by atoms with Crippen molar-refractivity contribution in [3.8, 4) is 11.8 Å². The molecule has 0 bridgehead atoms. The fraction of sp³-hybridized carbons (Fsp3) is 0.391. The Kier molecular flexibility index (Phi) is 9.04. The van der Waals surface area contributed by atoms with Crippen LogP contribution in [-0.4, -0.2) is 84.1 Å². The Morgan fingerprint density at radius 1 is 1.08 bits per heavy atom. The Balaban J connectivity index is 1.61. The van der Waals surface area contributed by atoms with E-state index in [1.54, 1.807) is 23.1 Å². The van der Waals surface area contributed by atoms with Crippen LogP contribution >= 0.6 is 0 Å². The third-order valence-corrected chi connectivity index (χ3v) is 8.46. The first-order valence-electron chi connectivity index (χ1n) is 11.0. The molecule has 3 rings (SSSR count). The minimum atomic E-state index is -3.94. The van der Waals surface area contributed by atoms with Crippen LogP contribution in [0, 0.1) is 11.3 Å². The molecule has 0 aromatic heterocycles. The molecule has 0 radical (unpaired) electrons. The second kappa shape index (κ2) is 11.8. The van der Waals surface area contributed by atoms with Crippen molar-refractivity contribution >= 4 is 26.0 Å². The van der Waals surface area contributed by atoms with Crippen LogP contribution in [0.15, 0.2) is 53.4 Å². The van der Waals surface area contributed by atoms with Crippen LogP contribution in [-0.2, 0) is 36.2 Å². The molecule has 0 spiro atoms. The molecule has 11 nitrogen and oxygen atoms in total. The molecule has 1 fully saturated rings. The van der Waals surface area contributed by atoms with Gasteiger partial charge in [0.05, 0.1) is 29.9 Å². The number of methoxy groups -OCH3 is 1. The summed E-state index contributed by atoms with van der Waals surface area (Å²) < 4.78 is 63.4. The first kappa shape index (κ1) is 27.6. The van der Waals surface area contributed by atoms with Gasteiger partial charge in [0.15, 0.2) is 0 Å². The molecule has 1 N–H and O–H groups in total. The first-order valence-corrected chi connectivity index (χ1v) is 14.3. The number of rotatable bonds is 10. The van der Waals surface area contributed by atoms with Gasteiger partial charge in [0.1, 0.15) is 18.4 Å². The lowest BCUT2D eigenvalue weighted by Gasteiger charge is -2.36. The van der Waals surface area contributed by atoms with Crippen LogP contribution < -0.4 is 9.46 Å². The topological polar surface area (TPSA) is 146 Å². The molecular weight excluding hydrogens is 508 g/mol. The summed E-state index contributed by atoms with van der Waals surface area (Å²) in [5.41, 5.74) is 1.32. The van der Waals surface area contributed by atoms with Crippen LogP contribution in [0.25, 0.3) is 0 Å². The lowest BCUT2D eigenvalue weighted by molar-refractivity contribution is -0.147. The summed E-state index contributed by atoms with van der Waals surface area (Å²) in [6.07, 6.45) is 1.12. The summed E-state index contributed by atoms with van der Waals surface area (Å²) in [7, 11) is -6.07. The standard InChI is InChI=1S/C23H28N4O7S2/c1-33-23(28)22(26-10-12-27(13-11-26)35(2,29)30)16-25-36(31,32)21-8-6-20(7-9-21)34-17-19-5-3-4-18(14-19)15-24/h3-9,14,22,25H,10-13,16-17H2,1-2H3/t22-/m0/s1. The monoisotopic (exact) mass is 536 g/mol. The second-order valence-corrected chi connectivity index (χ2v) is 11.9. The molecule has 1 aliphatic rings. The zero-order valence-corrected chi connectivity index (χ0v) is 21.6. The van der Waals surface area contributed by atoms with E-state index in [2.05, 4.69) is 10.8 Å². The lowest BCUT2D eigenvalue weighted by atomic mass is 10.1. The number of sulfonamides is 2. The highest BCUT2D eigenvalue weighted by atomic mass is 32.2. The van der Waals surface area contributed by atoms with Crippen LogP contribution in [0.5, 0.6) is 5.75 Å². The highest BCUT2D eigenvalue weighted by molar-refractivity contribution is 7.89. The number of nitrogens with one attached hydrogen (secondary N) is 1. The fourth-order valence-electron chi connectivity index (χ4n) is 3.73. The van der Waals surface area contributed by atoms with E-state index in [9.17, 15) is 21.6 Å². The average molecular weight is 537 g/mol. The summed E-state index contributed by atoms with van der Waals surface area (Å²) in [6, 6.07) is 14.0. The molecule has 0 saturated carbocycles. The summed E-state index contributed by atoms with van der Waals surface area (Å²) in [6.45, 7) is 0.896. The summed E-state index contributed by atoms with van der Waals surface area (Å²) in [4.78, 5) is 14.0. The Morgan fingerprint density at radius 2 is 1.75 bits per heavy atom. The van der Waals surface area contributed by atoms with Gasteiger partial charge in [0, 0.05) is 32.7 Å². The van der Waals surface area contributed by atoms with E-state index in [0.717, 1.165) is 11.8 Å². The van der Waals surface area contributed by atoms with Crippen molar-refractivity contribution in [1.29, 1.82) is 5.26 Å². The summed E-state index contributed by atoms with van der Waals surface area (Å²) in [5, 5.41) is 8.98. The Hall–Kier alpha value is -3.02. The zero-order chi connectivity index (χ0) is 26.3. The minimum absolute atomic E-state index is 0.00756. The fourth-order valence-corrected chi connectivity index (χ4v) is 5.59. The van der Waals surface area contributed by atoms with E-state index in [1.807, 2.05) is 6.07 Å². The van der Waals surface area contributed by atoms with Crippen molar-refractivity contribution in [1.82, 2.24) is 13.9 Å². The predicted molar refractivity (Wildman–Crippen MR) is 131 cm³/mol. The van der Waals surface area contributed by atoms with Crippen molar-refractivity contribution in [2.45, 2.75) is 17.5 Å². The smallest absolute Gasteiger partial charge is 0.324 e. The quantitative estimate of drug-likeness (QED) is 0.430. The Morgan fingerprint density at radius 3 is 2.33 bits per heavy atom. The van der Waals surface area contributed by atoms with Gasteiger partial charge in [-0.15, -0.1) is 0 Å². The van der Waals surface area contributed by atoms with Crippen LogP contribution in [0.1, 0.15) is 11.1 Å². The summed E-state index contributed by atoms with van der Waals surface area (Å²) >= 11 is 0. The van der Waals surface area contributed by atoms with Crippen molar-refractivity contribution in [2.24, 2.45) is 0 Å². The molecule has 194 valence electrons. The molecule has 1 atom stereocenters. The lowest BCUT2D eigenvalue weighted by Crippen LogP contribution is -2.56. The number of ether oxygens (including phenoxy) is 2. The van der Waals surface area contributed by atoms with Gasteiger partial charge in [-0.05, 0) is 42.0 Å². The molecule has 2 aromatic carbocycles. The van der Waals surface area contributed by atoms with Crippen LogP contribution in [0.2, 0.25) is 0 Å². The maximum absolute atomic E-state index is 12.8. The Bertz CT molecular complexity index is 1310. The molecule has 1 aliphatic heterocycles. The van der Waals surface area contributed by atoms with E-state index >= 15 is 0 Å². The van der Waals surface area contributed by atoms with E-state index in [1.165, 1.54) is 35.7 Å². The van der Waals surface area contributed by atoms with Gasteiger partial charge < -0.3 is 9.47 Å². The maximum Gasteiger partial charge on any atom is 0.324 e. The Labute approximate surface area is 211 Å². The van der Waals surface area contributed by atoms with Gasteiger partial charge in [-0.2, -0.15) is 9.57 Å². The number of nitriles is 1. The van der Waals surface area contributed by atoms with E-state index in [4.69, 9.17) is 14.7 Å². The molecule has 0 aliphatic carbocycles. The SMILES string of the molecule is COC(=O)[C@H](CNS(=O)(=O)c1ccc(OCc2cccc(C#N)c2)cc1)N1CCN(S(C)(=O)=O)CC1. The van der Waals surface area contributed by atoms with Gasteiger partial charge in [0.25, 0.3) is 0 Å². The number of esters is 1. The maximum atomic E-state index is 12.8. The van der Waals surface area contributed by atoms with Gasteiger partial charge in [0.2, 0.25) is 20.0 Å². The minimum Gasteiger partial charge on any atom is -0.489 e. The van der Waals surface area contributed by atoms with Crippen molar-refractivity contribution in [2.75, 3.05) is 46.1 Å². The number of piperazine rings is 1. The third kappa shape index (κ3) is 7.25. The second-order valence-electron chi connectivity index (χ2n) is 8.16. The third-order valence-electron chi connectivity index (χ3n) is 5.72. The highest BCUT2D eigenvalue weighted by Crippen LogP contribution is 2.18. The van der Waals surface area contributed by atoms with Crippen LogP contribution in [0.4, 0.5) is 0 Å². The zero-order valence-electron chi connectivity index (χ0n) is 20.0. The molecule has 13 heteroatoms. The number of hydrogen-bond donors (Lipinski definition) is 1. The van der Waals surface area contributed by atoms with Gasteiger partial charge in [-0.25, -0.2) is 21.6 Å².